The number of phosphoric ester groups is 2. The lowest BCUT2D eigenvalue weighted by molar-refractivity contribution is -0.161. The van der Waals surface area contributed by atoms with Crippen molar-refractivity contribution >= 4 is 39.5 Å². The van der Waals surface area contributed by atoms with E-state index in [0.29, 0.717) is 25.7 Å². The van der Waals surface area contributed by atoms with E-state index in [9.17, 15) is 43.2 Å². The van der Waals surface area contributed by atoms with Crippen LogP contribution in [0.5, 0.6) is 0 Å². The van der Waals surface area contributed by atoms with Gasteiger partial charge in [0.05, 0.1) is 26.4 Å². The van der Waals surface area contributed by atoms with Crippen molar-refractivity contribution in [1.29, 1.82) is 0 Å². The third-order valence-corrected chi connectivity index (χ3v) is 20.6. The smallest absolute Gasteiger partial charge is 0.462 e. The van der Waals surface area contributed by atoms with Crippen LogP contribution >= 0.6 is 15.6 Å². The SMILES string of the molecule is CCCCCCCCCCCCCCC(=O)O[C@H](COC(=O)CCCCCCCCCCC)COP(=O)(O)OC[C@H](O)COP(=O)(O)OC[C@@H](COC(=O)CCCCCCCCCCCCCCCCCCC(C)C)OC(=O)CCCCCCCCCCCCCCCCCCC(C)C. The Morgan fingerprint density at radius 1 is 0.273 bits per heavy atom. The Balaban J connectivity index is 5.20. The standard InChI is InChI=1S/C80H156O17P2/c1-7-9-11-13-15-17-18-33-40-46-52-58-64-79(84)96-75(68-90-77(82)62-56-50-44-36-16-14-12-10-8-2)70-94-98(86,87)92-66-74(81)67-93-99(88,89)95-71-76(97-80(85)65-59-53-47-41-35-30-26-22-20-24-28-32-38-43-49-55-61-73(5)6)69-91-78(83)63-57-51-45-39-34-29-25-21-19-23-27-31-37-42-48-54-60-72(3)4/h72-76,81H,7-71H2,1-6H3,(H,86,87)(H,88,89)/t74-,75+,76+/m0/s1. The van der Waals surface area contributed by atoms with Crippen LogP contribution in [0.3, 0.4) is 0 Å². The van der Waals surface area contributed by atoms with Gasteiger partial charge in [-0.05, 0) is 37.5 Å². The number of ether oxygens (including phenoxy) is 4. The Labute approximate surface area is 607 Å². The maximum absolute atomic E-state index is 13.1. The van der Waals surface area contributed by atoms with Crippen LogP contribution in [0.2, 0.25) is 0 Å². The first-order valence-corrected chi connectivity index (χ1v) is 44.5. The number of unbranched alkanes of at least 4 members (excludes halogenated alkanes) is 49. The number of aliphatic hydroxyl groups is 1. The second-order valence-corrected chi connectivity index (χ2v) is 32.7. The molecule has 0 saturated carbocycles. The summed E-state index contributed by atoms with van der Waals surface area (Å²) in [4.78, 5) is 72.9. The summed E-state index contributed by atoms with van der Waals surface area (Å²) in [5.74, 6) is -0.488. The molecule has 17 nitrogen and oxygen atoms in total. The van der Waals surface area contributed by atoms with Gasteiger partial charge < -0.3 is 33.8 Å². The van der Waals surface area contributed by atoms with Gasteiger partial charge in [-0.25, -0.2) is 9.13 Å². The maximum Gasteiger partial charge on any atom is 0.472 e. The van der Waals surface area contributed by atoms with Crippen LogP contribution in [0.25, 0.3) is 0 Å². The van der Waals surface area contributed by atoms with Gasteiger partial charge in [-0.1, -0.05) is 369 Å². The molecule has 2 unspecified atom stereocenters. The minimum absolute atomic E-state index is 0.108. The van der Waals surface area contributed by atoms with E-state index >= 15 is 0 Å². The molecule has 5 atom stereocenters. The van der Waals surface area contributed by atoms with Crippen molar-refractivity contribution in [2.24, 2.45) is 11.8 Å². The normalized spacial score (nSPS) is 13.9. The van der Waals surface area contributed by atoms with Gasteiger partial charge in [0.25, 0.3) is 0 Å². The molecule has 0 spiro atoms. The number of phosphoric acid groups is 2. The molecule has 0 aromatic carbocycles. The van der Waals surface area contributed by atoms with Crippen molar-refractivity contribution in [3.63, 3.8) is 0 Å². The average Bonchev–Trinajstić information content (AvgIpc) is 1.50. The molecule has 3 N–H and O–H groups in total. The van der Waals surface area contributed by atoms with Crippen LogP contribution in [0.4, 0.5) is 0 Å². The number of hydrogen-bond acceptors (Lipinski definition) is 15. The van der Waals surface area contributed by atoms with Crippen LogP contribution in [-0.2, 0) is 65.4 Å². The first-order valence-electron chi connectivity index (χ1n) is 41.5. The second kappa shape index (κ2) is 71.7. The molecule has 0 aromatic heterocycles. The van der Waals surface area contributed by atoms with Crippen molar-refractivity contribution in [2.75, 3.05) is 39.6 Å². The number of rotatable bonds is 79. The van der Waals surface area contributed by atoms with Gasteiger partial charge in [-0.3, -0.25) is 37.3 Å². The monoisotopic (exact) mass is 1450 g/mol. The van der Waals surface area contributed by atoms with Gasteiger partial charge in [0.15, 0.2) is 12.2 Å². The van der Waals surface area contributed by atoms with Crippen LogP contribution < -0.4 is 0 Å². The molecule has 0 aliphatic carbocycles. The highest BCUT2D eigenvalue weighted by Crippen LogP contribution is 2.45. The van der Waals surface area contributed by atoms with Gasteiger partial charge in [0.1, 0.15) is 19.3 Å². The molecule has 0 aliphatic rings. The molecule has 0 radical (unpaired) electrons. The molecular formula is C80H156O17P2. The van der Waals surface area contributed by atoms with E-state index in [-0.39, 0.29) is 25.7 Å². The van der Waals surface area contributed by atoms with Crippen LogP contribution in [-0.4, -0.2) is 96.7 Å². The van der Waals surface area contributed by atoms with Gasteiger partial charge in [0, 0.05) is 25.7 Å². The third kappa shape index (κ3) is 74.1. The van der Waals surface area contributed by atoms with E-state index in [1.165, 1.54) is 238 Å². The molecule has 19 heteroatoms. The number of carbonyl (C=O) groups excluding carboxylic acids is 4. The van der Waals surface area contributed by atoms with Gasteiger partial charge in [-0.15, -0.1) is 0 Å². The minimum Gasteiger partial charge on any atom is -0.462 e. The lowest BCUT2D eigenvalue weighted by Crippen LogP contribution is -2.30. The summed E-state index contributed by atoms with van der Waals surface area (Å²) in [5, 5.41) is 10.6. The van der Waals surface area contributed by atoms with E-state index in [2.05, 4.69) is 41.5 Å². The lowest BCUT2D eigenvalue weighted by atomic mass is 10.0. The van der Waals surface area contributed by atoms with E-state index in [4.69, 9.17) is 37.0 Å². The molecule has 588 valence electrons. The zero-order valence-corrected chi connectivity index (χ0v) is 66.6. The largest absolute Gasteiger partial charge is 0.472 e. The highest BCUT2D eigenvalue weighted by Gasteiger charge is 2.30. The zero-order valence-electron chi connectivity index (χ0n) is 64.8. The summed E-state index contributed by atoms with van der Waals surface area (Å²) in [6, 6.07) is 0. The highest BCUT2D eigenvalue weighted by molar-refractivity contribution is 7.47. The van der Waals surface area contributed by atoms with Crippen molar-refractivity contribution in [3.05, 3.63) is 0 Å². The average molecular weight is 1450 g/mol. The summed E-state index contributed by atoms with van der Waals surface area (Å²) in [5.41, 5.74) is 0. The highest BCUT2D eigenvalue weighted by atomic mass is 31.2. The molecule has 0 amide bonds. The molecule has 0 saturated heterocycles. The Kier molecular flexibility index (Phi) is 70.3. The van der Waals surface area contributed by atoms with Crippen molar-refractivity contribution in [2.45, 2.75) is 439 Å². The van der Waals surface area contributed by atoms with Crippen molar-refractivity contribution < 1.29 is 80.2 Å². The summed E-state index contributed by atoms with van der Waals surface area (Å²) < 4.78 is 68.6. The second-order valence-electron chi connectivity index (χ2n) is 29.8. The van der Waals surface area contributed by atoms with Gasteiger partial charge in [0.2, 0.25) is 0 Å². The Hall–Kier alpha value is -1.94. The maximum atomic E-state index is 13.1. The number of esters is 4. The Morgan fingerprint density at radius 3 is 0.687 bits per heavy atom. The summed E-state index contributed by atoms with van der Waals surface area (Å²) >= 11 is 0. The Morgan fingerprint density at radius 2 is 0.465 bits per heavy atom. The quantitative estimate of drug-likeness (QED) is 0.0222. The summed E-state index contributed by atoms with van der Waals surface area (Å²) in [6.45, 7) is 9.67. The molecule has 0 fully saturated rings. The topological polar surface area (TPSA) is 237 Å². The summed E-state index contributed by atoms with van der Waals surface area (Å²) in [6.07, 6.45) is 61.0. The first kappa shape index (κ1) is 97.1. The molecule has 0 rings (SSSR count). The molecule has 0 bridgehead atoms. The van der Waals surface area contributed by atoms with E-state index in [1.807, 2.05) is 0 Å². The molecule has 0 aromatic rings. The third-order valence-electron chi connectivity index (χ3n) is 18.7. The van der Waals surface area contributed by atoms with E-state index in [1.54, 1.807) is 0 Å². The molecule has 99 heavy (non-hydrogen) atoms. The van der Waals surface area contributed by atoms with Crippen molar-refractivity contribution in [1.82, 2.24) is 0 Å². The van der Waals surface area contributed by atoms with Crippen LogP contribution in [0.1, 0.15) is 420 Å². The first-order chi connectivity index (χ1) is 47.9. The van der Waals surface area contributed by atoms with Crippen LogP contribution in [0.15, 0.2) is 0 Å². The van der Waals surface area contributed by atoms with E-state index < -0.39 is 97.5 Å². The molecule has 0 aliphatic heterocycles. The number of hydrogen-bond donors (Lipinski definition) is 3. The van der Waals surface area contributed by atoms with Crippen molar-refractivity contribution in [3.8, 4) is 0 Å². The minimum atomic E-state index is -4.96. The van der Waals surface area contributed by atoms with Crippen LogP contribution in [0, 0.1) is 11.8 Å². The van der Waals surface area contributed by atoms with Gasteiger partial charge >= 0.3 is 39.5 Å². The predicted molar refractivity (Wildman–Crippen MR) is 405 cm³/mol. The number of aliphatic hydroxyl groups excluding tert-OH is 1. The Bertz CT molecular complexity index is 1910. The summed E-state index contributed by atoms with van der Waals surface area (Å²) in [7, 11) is -9.91. The van der Waals surface area contributed by atoms with E-state index in [0.717, 1.165) is 102 Å². The van der Waals surface area contributed by atoms with Gasteiger partial charge in [-0.2, -0.15) is 0 Å². The molecule has 0 heterocycles. The lowest BCUT2D eigenvalue weighted by Gasteiger charge is -2.21. The fourth-order valence-corrected chi connectivity index (χ4v) is 13.9. The predicted octanol–water partition coefficient (Wildman–Crippen LogP) is 23.9. The molecular weight excluding hydrogens is 1290 g/mol. The zero-order chi connectivity index (χ0) is 72.8. The fraction of sp³-hybridized carbons (Fsp3) is 0.950. The number of carbonyl (C=O) groups is 4. The fourth-order valence-electron chi connectivity index (χ4n) is 12.4.